The third-order valence-corrected chi connectivity index (χ3v) is 5.36. The van der Waals surface area contributed by atoms with E-state index < -0.39 is 53.1 Å². The van der Waals surface area contributed by atoms with E-state index in [4.69, 9.17) is 4.74 Å². The smallest absolute Gasteiger partial charge is 0.416 e. The highest BCUT2D eigenvalue weighted by Crippen LogP contribution is 2.41. The van der Waals surface area contributed by atoms with Gasteiger partial charge in [-0.25, -0.2) is 0 Å². The van der Waals surface area contributed by atoms with Crippen LogP contribution in [0.25, 0.3) is 10.9 Å². The first-order valence-electron chi connectivity index (χ1n) is 9.66. The van der Waals surface area contributed by atoms with Crippen molar-refractivity contribution in [3.8, 4) is 17.6 Å². The molecule has 10 nitrogen and oxygen atoms in total. The minimum absolute atomic E-state index is 0. The third-order valence-electron chi connectivity index (χ3n) is 5.36. The van der Waals surface area contributed by atoms with Gasteiger partial charge in [-0.05, 0) is 29.8 Å². The summed E-state index contributed by atoms with van der Waals surface area (Å²) in [6.45, 7) is -1.20. The fourth-order valence-corrected chi connectivity index (χ4v) is 3.81. The third kappa shape index (κ3) is 4.22. The van der Waals surface area contributed by atoms with E-state index in [9.17, 15) is 43.0 Å². The summed E-state index contributed by atoms with van der Waals surface area (Å²) in [6, 6.07) is 7.39. The van der Waals surface area contributed by atoms with Gasteiger partial charge in [0, 0.05) is 5.39 Å². The zero-order valence-electron chi connectivity index (χ0n) is 18.0. The molecule has 0 radical (unpaired) electrons. The molecule has 4 rings (SSSR count). The van der Waals surface area contributed by atoms with Crippen molar-refractivity contribution in [3.05, 3.63) is 69.0 Å². The number of hydrogen-bond donors (Lipinski definition) is 3. The number of carboxylic acids is 1. The number of aromatic nitrogens is 1. The number of carbonyl (C=O) groups is 2. The molecule has 0 aliphatic carbocycles. The van der Waals surface area contributed by atoms with Crippen LogP contribution in [0, 0.1) is 11.3 Å². The molecule has 13 heteroatoms. The van der Waals surface area contributed by atoms with Gasteiger partial charge in [-0.2, -0.15) is 18.4 Å². The number of halogens is 3. The topological polar surface area (TPSA) is 181 Å². The molecule has 3 aromatic rings. The molecular weight excluding hydrogens is 473 g/mol. The van der Waals surface area contributed by atoms with Crippen molar-refractivity contribution >= 4 is 22.8 Å². The molecular formula is C22H17F3N4O6. The van der Waals surface area contributed by atoms with Crippen LogP contribution in [0.15, 0.2) is 41.2 Å². The molecule has 2 heterocycles. The number of nitrogens with one attached hydrogen (secondary N) is 1. The van der Waals surface area contributed by atoms with Crippen molar-refractivity contribution < 1.29 is 37.7 Å². The highest BCUT2D eigenvalue weighted by molar-refractivity contribution is 6.04. The number of carboxylic acid groups (broad SMARTS) is 1. The Bertz CT molecular complexity index is 1440. The lowest BCUT2D eigenvalue weighted by Gasteiger charge is -2.30. The van der Waals surface area contributed by atoms with Crippen LogP contribution in [-0.4, -0.2) is 34.7 Å². The summed E-state index contributed by atoms with van der Waals surface area (Å²) in [5.74, 6) is -3.64. The molecule has 0 fully saturated rings. The Morgan fingerprint density at radius 3 is 2.46 bits per heavy atom. The summed E-state index contributed by atoms with van der Waals surface area (Å²) in [4.78, 5) is 36.6. The zero-order chi connectivity index (χ0) is 24.8. The number of nitrogens with zero attached hydrogens (tertiary/aromatic N) is 2. The molecule has 0 spiro atoms. The predicted octanol–water partition coefficient (Wildman–Crippen LogP) is 1.44. The summed E-state index contributed by atoms with van der Waals surface area (Å²) < 4.78 is 45.6. The summed E-state index contributed by atoms with van der Waals surface area (Å²) in [5, 5.41) is 32.7. The molecule has 35 heavy (non-hydrogen) atoms. The summed E-state index contributed by atoms with van der Waals surface area (Å²) in [5.41, 5.74) is -2.51. The van der Waals surface area contributed by atoms with Crippen molar-refractivity contribution in [2.75, 3.05) is 13.2 Å². The average Bonchev–Trinajstić information content (AvgIpc) is 2.80. The van der Waals surface area contributed by atoms with Crippen molar-refractivity contribution in [1.82, 2.24) is 16.0 Å². The Morgan fingerprint density at radius 2 is 1.89 bits per heavy atom. The number of rotatable bonds is 4. The van der Waals surface area contributed by atoms with Crippen LogP contribution in [0.5, 0.6) is 11.5 Å². The maximum absolute atomic E-state index is 13.4. The van der Waals surface area contributed by atoms with Gasteiger partial charge < -0.3 is 31.2 Å². The second-order valence-corrected chi connectivity index (χ2v) is 7.35. The molecule has 6 N–H and O–H groups in total. The zero-order valence-corrected chi connectivity index (χ0v) is 18.0. The number of alkyl halides is 3. The van der Waals surface area contributed by atoms with E-state index in [0.29, 0.717) is 0 Å². The molecule has 2 aromatic carbocycles. The first kappa shape index (κ1) is 25.1. The van der Waals surface area contributed by atoms with Crippen LogP contribution < -0.4 is 26.9 Å². The largest absolute Gasteiger partial charge is 0.548 e. The predicted molar refractivity (Wildman–Crippen MR) is 113 cm³/mol. The summed E-state index contributed by atoms with van der Waals surface area (Å²) in [7, 11) is 0. The lowest BCUT2D eigenvalue weighted by molar-refractivity contribution is -0.303. The molecule has 0 saturated heterocycles. The number of nitriles is 1. The van der Waals surface area contributed by atoms with Gasteiger partial charge in [0.25, 0.3) is 11.5 Å². The molecule has 1 aromatic heterocycles. The van der Waals surface area contributed by atoms with Crippen LogP contribution in [0.2, 0.25) is 0 Å². The number of aliphatic carboxylic acids is 1. The number of carbonyl (C=O) groups excluding carboxylic acids is 2. The first-order valence-corrected chi connectivity index (χ1v) is 9.66. The second kappa shape index (κ2) is 8.99. The monoisotopic (exact) mass is 490 g/mol. The Kier molecular flexibility index (Phi) is 6.44. The fraction of sp³-hybridized carbons (Fsp3) is 0.182. The highest BCUT2D eigenvalue weighted by atomic mass is 19.4. The van der Waals surface area contributed by atoms with Crippen LogP contribution in [0.3, 0.4) is 0 Å². The second-order valence-electron chi connectivity index (χ2n) is 7.35. The molecule has 1 aliphatic heterocycles. The van der Waals surface area contributed by atoms with Gasteiger partial charge in [0.05, 0.1) is 35.2 Å². The Labute approximate surface area is 194 Å². The van der Waals surface area contributed by atoms with Gasteiger partial charge >= 0.3 is 6.18 Å². The Morgan fingerprint density at radius 1 is 1.23 bits per heavy atom. The van der Waals surface area contributed by atoms with E-state index in [1.54, 1.807) is 0 Å². The highest BCUT2D eigenvalue weighted by Gasteiger charge is 2.34. The number of ether oxygens (including phenoxy) is 1. The van der Waals surface area contributed by atoms with E-state index in [0.717, 1.165) is 28.8 Å². The SMILES string of the molecule is N#Cc1ccc2c(O)c(C(=O)NCC(=O)[O-])c(=O)n3c2c1OCC3c1ccc(C(F)(F)F)cc1.[NH4+]. The van der Waals surface area contributed by atoms with E-state index in [1.807, 2.05) is 11.4 Å². The van der Waals surface area contributed by atoms with Gasteiger partial charge in [0.1, 0.15) is 24.0 Å². The van der Waals surface area contributed by atoms with Gasteiger partial charge in [0.2, 0.25) is 0 Å². The molecule has 182 valence electrons. The Hall–Kier alpha value is -4.57. The molecule has 1 aliphatic rings. The van der Waals surface area contributed by atoms with Crippen molar-refractivity contribution in [2.45, 2.75) is 12.2 Å². The quantitative estimate of drug-likeness (QED) is 0.494. The van der Waals surface area contributed by atoms with Gasteiger partial charge in [-0.15, -0.1) is 0 Å². The number of aromatic hydroxyl groups is 1. The maximum Gasteiger partial charge on any atom is 0.416 e. The summed E-state index contributed by atoms with van der Waals surface area (Å²) >= 11 is 0. The van der Waals surface area contributed by atoms with Gasteiger partial charge in [0.15, 0.2) is 5.75 Å². The lowest BCUT2D eigenvalue weighted by Crippen LogP contribution is -2.42. The van der Waals surface area contributed by atoms with Crippen molar-refractivity contribution in [1.29, 1.82) is 5.26 Å². The van der Waals surface area contributed by atoms with E-state index in [-0.39, 0.29) is 40.5 Å². The average molecular weight is 490 g/mol. The molecule has 0 saturated carbocycles. The van der Waals surface area contributed by atoms with Crippen LogP contribution in [0.1, 0.15) is 33.1 Å². The number of hydrogen-bond acceptors (Lipinski definition) is 7. The fourth-order valence-electron chi connectivity index (χ4n) is 3.81. The molecule has 0 bridgehead atoms. The maximum atomic E-state index is 13.4. The van der Waals surface area contributed by atoms with E-state index in [2.05, 4.69) is 0 Å². The molecule has 1 atom stereocenters. The minimum atomic E-state index is -4.58. The normalized spacial score (nSPS) is 14.4. The van der Waals surface area contributed by atoms with Gasteiger partial charge in [-0.3, -0.25) is 14.2 Å². The van der Waals surface area contributed by atoms with E-state index >= 15 is 0 Å². The van der Waals surface area contributed by atoms with Crippen LogP contribution in [0.4, 0.5) is 13.2 Å². The minimum Gasteiger partial charge on any atom is -0.548 e. The van der Waals surface area contributed by atoms with Crippen LogP contribution in [-0.2, 0) is 11.0 Å². The van der Waals surface area contributed by atoms with Crippen molar-refractivity contribution in [3.63, 3.8) is 0 Å². The number of amides is 1. The number of quaternary nitrogens is 1. The summed E-state index contributed by atoms with van der Waals surface area (Å²) in [6.07, 6.45) is -4.58. The van der Waals surface area contributed by atoms with Crippen LogP contribution >= 0.6 is 0 Å². The van der Waals surface area contributed by atoms with Crippen molar-refractivity contribution in [2.24, 2.45) is 0 Å². The Balaban J connectivity index is 0.00000342. The molecule has 1 unspecified atom stereocenters. The standard InChI is InChI=1S/C22H14F3N3O6.H3N/c23-22(24,25)12-4-1-10(2-5-12)14-9-34-19-11(7-26)3-6-13-17(19)28(14)21(33)16(18(13)31)20(32)27-8-15(29)30;/h1-6,14,31H,8-9H2,(H,27,32)(H,29,30);1H3. The molecule has 1 amide bonds. The first-order chi connectivity index (χ1) is 16.0. The lowest BCUT2D eigenvalue weighted by atomic mass is 9.99. The number of benzene rings is 2. The van der Waals surface area contributed by atoms with Gasteiger partial charge in [-0.1, -0.05) is 12.1 Å². The van der Waals surface area contributed by atoms with E-state index in [1.165, 1.54) is 12.1 Å². The number of pyridine rings is 1.